The lowest BCUT2D eigenvalue weighted by atomic mass is 9.93. The van der Waals surface area contributed by atoms with Crippen LogP contribution in [0.5, 0.6) is 0 Å². The van der Waals surface area contributed by atoms with Crippen molar-refractivity contribution in [1.82, 2.24) is 9.88 Å². The highest BCUT2D eigenvalue weighted by molar-refractivity contribution is 6.33. The predicted octanol–water partition coefficient (Wildman–Crippen LogP) is 2.06. The van der Waals surface area contributed by atoms with Crippen LogP contribution in [0.2, 0.25) is 5.02 Å². The molecule has 1 aromatic heterocycles. The van der Waals surface area contributed by atoms with Crippen molar-refractivity contribution in [2.45, 2.75) is 19.0 Å². The average Bonchev–Trinajstić information content (AvgIpc) is 2.61. The molecule has 7 heteroatoms. The van der Waals surface area contributed by atoms with E-state index in [-0.39, 0.29) is 22.3 Å². The van der Waals surface area contributed by atoms with Gasteiger partial charge in [0.05, 0.1) is 17.7 Å². The molecule has 0 saturated carbocycles. The first-order valence-corrected chi connectivity index (χ1v) is 7.75. The van der Waals surface area contributed by atoms with Crippen LogP contribution in [0.4, 0.5) is 5.82 Å². The molecule has 1 amide bonds. The number of hydrogen-bond donors (Lipinski definition) is 1. The van der Waals surface area contributed by atoms with E-state index in [1.807, 2.05) is 24.3 Å². The third kappa shape index (κ3) is 2.92. The Kier molecular flexibility index (Phi) is 4.40. The SMILES string of the molecule is COC(=O)C1Cc2ccccc2CN1C(=O)c1cnc(N)c(Cl)c1. The van der Waals surface area contributed by atoms with Gasteiger partial charge in [0.1, 0.15) is 11.9 Å². The number of esters is 1. The number of hydrogen-bond acceptors (Lipinski definition) is 5. The second kappa shape index (κ2) is 6.49. The van der Waals surface area contributed by atoms with Crippen molar-refractivity contribution in [1.29, 1.82) is 0 Å². The van der Waals surface area contributed by atoms with Crippen LogP contribution in [0.3, 0.4) is 0 Å². The molecule has 0 bridgehead atoms. The molecular weight excluding hydrogens is 330 g/mol. The number of nitrogens with two attached hydrogens (primary N) is 1. The summed E-state index contributed by atoms with van der Waals surface area (Å²) in [5.41, 5.74) is 7.90. The first kappa shape index (κ1) is 16.3. The molecule has 0 spiro atoms. The third-order valence-electron chi connectivity index (χ3n) is 4.10. The van der Waals surface area contributed by atoms with E-state index in [0.717, 1.165) is 11.1 Å². The number of fused-ring (bicyclic) bond motifs is 1. The van der Waals surface area contributed by atoms with Crippen LogP contribution >= 0.6 is 11.6 Å². The highest BCUT2D eigenvalue weighted by atomic mass is 35.5. The lowest BCUT2D eigenvalue weighted by Gasteiger charge is -2.35. The summed E-state index contributed by atoms with van der Waals surface area (Å²) in [4.78, 5) is 30.4. The van der Waals surface area contributed by atoms with E-state index >= 15 is 0 Å². The van der Waals surface area contributed by atoms with Crippen LogP contribution in [0.25, 0.3) is 0 Å². The molecule has 0 radical (unpaired) electrons. The topological polar surface area (TPSA) is 85.5 Å². The summed E-state index contributed by atoms with van der Waals surface area (Å²) in [7, 11) is 1.31. The van der Waals surface area contributed by atoms with Gasteiger partial charge in [0.2, 0.25) is 0 Å². The van der Waals surface area contributed by atoms with Crippen molar-refractivity contribution >= 4 is 29.3 Å². The number of nitrogens with zero attached hydrogens (tertiary/aromatic N) is 2. The zero-order valence-corrected chi connectivity index (χ0v) is 13.8. The van der Waals surface area contributed by atoms with Crippen LogP contribution in [0.15, 0.2) is 36.5 Å². The number of carbonyl (C=O) groups is 2. The Morgan fingerprint density at radius 1 is 1.33 bits per heavy atom. The highest BCUT2D eigenvalue weighted by Crippen LogP contribution is 2.26. The summed E-state index contributed by atoms with van der Waals surface area (Å²) in [5.74, 6) is -0.636. The zero-order valence-electron chi connectivity index (χ0n) is 13.0. The van der Waals surface area contributed by atoms with Crippen molar-refractivity contribution in [2.75, 3.05) is 12.8 Å². The Labute approximate surface area is 144 Å². The predicted molar refractivity (Wildman–Crippen MR) is 89.5 cm³/mol. The Balaban J connectivity index is 1.98. The zero-order chi connectivity index (χ0) is 17.3. The van der Waals surface area contributed by atoms with Gasteiger partial charge < -0.3 is 15.4 Å². The second-order valence-corrected chi connectivity index (χ2v) is 5.94. The fraction of sp³-hybridized carbons (Fsp3) is 0.235. The van der Waals surface area contributed by atoms with Gasteiger partial charge >= 0.3 is 5.97 Å². The van der Waals surface area contributed by atoms with Gasteiger partial charge in [0.15, 0.2) is 0 Å². The van der Waals surface area contributed by atoms with Crippen LogP contribution in [0, 0.1) is 0 Å². The maximum absolute atomic E-state index is 12.9. The Morgan fingerprint density at radius 2 is 2.04 bits per heavy atom. The van der Waals surface area contributed by atoms with Gasteiger partial charge in [-0.25, -0.2) is 9.78 Å². The smallest absolute Gasteiger partial charge is 0.328 e. The maximum Gasteiger partial charge on any atom is 0.328 e. The summed E-state index contributed by atoms with van der Waals surface area (Å²) < 4.78 is 4.87. The number of methoxy groups -OCH3 is 1. The quantitative estimate of drug-likeness (QED) is 0.842. The Bertz CT molecular complexity index is 809. The lowest BCUT2D eigenvalue weighted by molar-refractivity contribution is -0.146. The molecule has 2 heterocycles. The lowest BCUT2D eigenvalue weighted by Crippen LogP contribution is -2.49. The van der Waals surface area contributed by atoms with Gasteiger partial charge in [-0.05, 0) is 17.2 Å². The largest absolute Gasteiger partial charge is 0.467 e. The van der Waals surface area contributed by atoms with Gasteiger partial charge in [0.25, 0.3) is 5.91 Å². The summed E-state index contributed by atoms with van der Waals surface area (Å²) >= 11 is 5.95. The van der Waals surface area contributed by atoms with Crippen LogP contribution in [-0.4, -0.2) is 34.9 Å². The Hall–Kier alpha value is -2.60. The molecule has 24 heavy (non-hydrogen) atoms. The standard InChI is InChI=1S/C17H16ClN3O3/c1-24-17(23)14-7-10-4-2-3-5-11(10)9-21(14)16(22)12-6-13(18)15(19)20-8-12/h2-6,8,14H,7,9H2,1H3,(H2,19,20). The molecule has 0 fully saturated rings. The first-order chi connectivity index (χ1) is 11.5. The molecule has 2 N–H and O–H groups in total. The molecule has 1 atom stereocenters. The minimum Gasteiger partial charge on any atom is -0.467 e. The number of halogens is 1. The van der Waals surface area contributed by atoms with Gasteiger partial charge in [0, 0.05) is 19.2 Å². The maximum atomic E-state index is 12.9. The van der Waals surface area contributed by atoms with Crippen molar-refractivity contribution in [3.8, 4) is 0 Å². The van der Waals surface area contributed by atoms with Crippen LogP contribution in [-0.2, 0) is 22.5 Å². The fourth-order valence-electron chi connectivity index (χ4n) is 2.81. The van der Waals surface area contributed by atoms with Crippen molar-refractivity contribution < 1.29 is 14.3 Å². The molecule has 1 aliphatic rings. The number of amides is 1. The van der Waals surface area contributed by atoms with E-state index in [1.165, 1.54) is 24.3 Å². The van der Waals surface area contributed by atoms with Crippen molar-refractivity contribution in [3.63, 3.8) is 0 Å². The summed E-state index contributed by atoms with van der Waals surface area (Å²) in [6, 6.07) is 8.48. The van der Waals surface area contributed by atoms with E-state index in [2.05, 4.69) is 4.98 Å². The van der Waals surface area contributed by atoms with E-state index in [0.29, 0.717) is 13.0 Å². The molecule has 0 aliphatic carbocycles. The monoisotopic (exact) mass is 345 g/mol. The Morgan fingerprint density at radius 3 is 2.71 bits per heavy atom. The molecule has 1 aromatic carbocycles. The number of nitrogen functional groups attached to an aromatic ring is 1. The molecular formula is C17H16ClN3O3. The number of pyridine rings is 1. The summed E-state index contributed by atoms with van der Waals surface area (Å²) in [6.07, 6.45) is 1.77. The number of anilines is 1. The van der Waals surface area contributed by atoms with E-state index in [9.17, 15) is 9.59 Å². The normalized spacial score (nSPS) is 16.4. The molecule has 1 unspecified atom stereocenters. The van der Waals surface area contributed by atoms with Gasteiger partial charge in [-0.3, -0.25) is 4.79 Å². The van der Waals surface area contributed by atoms with Crippen molar-refractivity contribution in [3.05, 3.63) is 58.2 Å². The highest BCUT2D eigenvalue weighted by Gasteiger charge is 2.35. The number of rotatable bonds is 2. The molecule has 1 aliphatic heterocycles. The van der Waals surface area contributed by atoms with Crippen LogP contribution in [0.1, 0.15) is 21.5 Å². The fourth-order valence-corrected chi connectivity index (χ4v) is 2.98. The van der Waals surface area contributed by atoms with Crippen molar-refractivity contribution in [2.24, 2.45) is 0 Å². The number of ether oxygens (including phenoxy) is 1. The molecule has 6 nitrogen and oxygen atoms in total. The first-order valence-electron chi connectivity index (χ1n) is 7.38. The molecule has 3 rings (SSSR count). The summed E-state index contributed by atoms with van der Waals surface area (Å²) in [6.45, 7) is 0.316. The third-order valence-corrected chi connectivity index (χ3v) is 4.40. The minimum atomic E-state index is -0.686. The molecule has 124 valence electrons. The van der Waals surface area contributed by atoms with Gasteiger partial charge in [-0.2, -0.15) is 0 Å². The van der Waals surface area contributed by atoms with E-state index in [1.54, 1.807) is 0 Å². The van der Waals surface area contributed by atoms with Crippen LogP contribution < -0.4 is 5.73 Å². The van der Waals surface area contributed by atoms with Gasteiger partial charge in [-0.1, -0.05) is 35.9 Å². The molecule has 0 saturated heterocycles. The van der Waals surface area contributed by atoms with Gasteiger partial charge in [-0.15, -0.1) is 0 Å². The van der Waals surface area contributed by atoms with E-state index < -0.39 is 12.0 Å². The number of aromatic nitrogens is 1. The average molecular weight is 346 g/mol. The molecule has 2 aromatic rings. The minimum absolute atomic E-state index is 0.154. The summed E-state index contributed by atoms with van der Waals surface area (Å²) in [5, 5.41) is 0.202. The van der Waals surface area contributed by atoms with E-state index in [4.69, 9.17) is 22.1 Å². The number of carbonyl (C=O) groups excluding carboxylic acids is 2. The number of benzene rings is 1. The second-order valence-electron chi connectivity index (χ2n) is 5.54.